The second-order valence-corrected chi connectivity index (χ2v) is 4.76. The third kappa shape index (κ3) is 1.59. The summed E-state index contributed by atoms with van der Waals surface area (Å²) in [6.45, 7) is 0. The minimum Gasteiger partial charge on any atom is -0.451 e. The highest BCUT2D eigenvalue weighted by Crippen LogP contribution is 2.37. The number of aromatic nitrogens is 1. The maximum Gasteiger partial charge on any atom is 0.221 e. The van der Waals surface area contributed by atoms with Crippen LogP contribution in [0, 0.1) is 0 Å². The van der Waals surface area contributed by atoms with Crippen molar-refractivity contribution in [3.63, 3.8) is 0 Å². The third-order valence-electron chi connectivity index (χ3n) is 2.52. The first-order valence-electron chi connectivity index (χ1n) is 4.95. The topological polar surface area (TPSA) is 43.1 Å². The van der Waals surface area contributed by atoms with Gasteiger partial charge in [-0.3, -0.25) is 4.79 Å². The minimum atomic E-state index is -0.559. The molecule has 0 fully saturated rings. The van der Waals surface area contributed by atoms with Crippen molar-refractivity contribution in [1.29, 1.82) is 0 Å². The zero-order chi connectivity index (χ0) is 12.9. The fraction of sp³-hybridized carbons (Fsp3) is 0. The lowest BCUT2D eigenvalue weighted by molar-refractivity contribution is 0.613. The van der Waals surface area contributed by atoms with E-state index in [0.717, 1.165) is 0 Å². The van der Waals surface area contributed by atoms with Gasteiger partial charge in [0.05, 0.1) is 5.02 Å². The molecule has 90 valence electrons. The summed E-state index contributed by atoms with van der Waals surface area (Å²) in [7, 11) is 0. The monoisotopic (exact) mass is 299 g/mol. The Hall–Kier alpha value is -1.29. The summed E-state index contributed by atoms with van der Waals surface area (Å²) in [5, 5.41) is -0.208. The van der Waals surface area contributed by atoms with E-state index in [0.29, 0.717) is 11.1 Å². The fourth-order valence-corrected chi connectivity index (χ4v) is 2.33. The summed E-state index contributed by atoms with van der Waals surface area (Å²) in [6.07, 6.45) is 0. The highest BCUT2D eigenvalue weighted by Gasteiger charge is 2.23. The molecule has 0 atom stereocenters. The lowest BCUT2D eigenvalue weighted by Crippen LogP contribution is -2.07. The largest absolute Gasteiger partial charge is 0.451 e. The van der Waals surface area contributed by atoms with Crippen LogP contribution in [-0.4, -0.2) is 4.98 Å². The van der Waals surface area contributed by atoms with Gasteiger partial charge in [0.15, 0.2) is 11.3 Å². The molecule has 1 aromatic rings. The number of hydrogen-bond acceptors (Lipinski definition) is 3. The quantitative estimate of drug-likeness (QED) is 0.460. The number of fused-ring (bicyclic) bond motifs is 2. The molecule has 0 saturated heterocycles. The van der Waals surface area contributed by atoms with Gasteiger partial charge in [0.25, 0.3) is 0 Å². The zero-order valence-corrected chi connectivity index (χ0v) is 11.0. The Labute approximate surface area is 116 Å². The lowest BCUT2D eigenvalue weighted by Gasteiger charge is -2.09. The van der Waals surface area contributed by atoms with Crippen LogP contribution in [-0.2, 0) is 0 Å². The van der Waals surface area contributed by atoms with E-state index < -0.39 is 5.43 Å². The van der Waals surface area contributed by atoms with Crippen molar-refractivity contribution >= 4 is 45.9 Å². The van der Waals surface area contributed by atoms with Gasteiger partial charge in [-0.1, -0.05) is 46.9 Å². The Balaban J connectivity index is 2.58. The van der Waals surface area contributed by atoms with Gasteiger partial charge in [-0.25, -0.2) is 4.98 Å². The summed E-state index contributed by atoms with van der Waals surface area (Å²) in [6, 6.07) is 7.10. The first-order chi connectivity index (χ1) is 8.59. The molecule has 1 aromatic carbocycles. The van der Waals surface area contributed by atoms with Crippen LogP contribution in [0.4, 0.5) is 0 Å². The van der Waals surface area contributed by atoms with Crippen molar-refractivity contribution in [2.45, 2.75) is 0 Å². The van der Waals surface area contributed by atoms with E-state index in [2.05, 4.69) is 4.98 Å². The van der Waals surface area contributed by atoms with Gasteiger partial charge in [-0.05, 0) is 12.1 Å². The number of rotatable bonds is 0. The average molecular weight is 301 g/mol. The molecule has 0 spiro atoms. The van der Waals surface area contributed by atoms with Gasteiger partial charge in [0.1, 0.15) is 21.3 Å². The van der Waals surface area contributed by atoms with Crippen molar-refractivity contribution < 1.29 is 4.42 Å². The van der Waals surface area contributed by atoms with Gasteiger partial charge in [0, 0.05) is 0 Å². The number of para-hydroxylation sites is 2. The number of halogens is 3. The summed E-state index contributed by atoms with van der Waals surface area (Å²) in [5.41, 5.74) is 0.851. The molecule has 18 heavy (non-hydrogen) atoms. The van der Waals surface area contributed by atoms with E-state index in [9.17, 15) is 4.79 Å². The van der Waals surface area contributed by atoms with Crippen LogP contribution in [0.5, 0.6) is 0 Å². The Morgan fingerprint density at radius 2 is 1.72 bits per heavy atom. The van der Waals surface area contributed by atoms with Gasteiger partial charge in [-0.15, -0.1) is 0 Å². The standard InChI is InChI=1S/C12H4Cl3NO2/c13-7-8(14)11(17)9(15)12-10(7)16-5-3-1-2-4-6(5)18-12/h1-4H. The summed E-state index contributed by atoms with van der Waals surface area (Å²) < 4.78 is 5.56. The molecule has 0 aromatic heterocycles. The SMILES string of the molecule is O=c1c(Cl)c2oc3ccccc3nc-2c(Cl)c1Cl. The van der Waals surface area contributed by atoms with Crippen molar-refractivity contribution in [3.05, 3.63) is 49.6 Å². The molecule has 0 bridgehead atoms. The molecule has 1 heterocycles. The maximum absolute atomic E-state index is 11.7. The number of hydrogen-bond donors (Lipinski definition) is 0. The van der Waals surface area contributed by atoms with Crippen molar-refractivity contribution in [2.24, 2.45) is 0 Å². The molecule has 6 heteroatoms. The van der Waals surface area contributed by atoms with Crippen molar-refractivity contribution in [2.75, 3.05) is 0 Å². The molecule has 0 amide bonds. The van der Waals surface area contributed by atoms with Gasteiger partial charge in [-0.2, -0.15) is 0 Å². The fourth-order valence-electron chi connectivity index (χ4n) is 1.67. The molecule has 0 saturated carbocycles. The molecule has 3 nitrogen and oxygen atoms in total. The van der Waals surface area contributed by atoms with E-state index >= 15 is 0 Å². The second kappa shape index (κ2) is 4.12. The molecule has 0 N–H and O–H groups in total. The first-order valence-corrected chi connectivity index (χ1v) is 6.09. The van der Waals surface area contributed by atoms with E-state index in [-0.39, 0.29) is 26.5 Å². The van der Waals surface area contributed by atoms with Gasteiger partial charge in [0.2, 0.25) is 5.43 Å². The van der Waals surface area contributed by atoms with E-state index in [1.807, 2.05) is 6.07 Å². The van der Waals surface area contributed by atoms with Crippen LogP contribution in [0.2, 0.25) is 15.1 Å². The van der Waals surface area contributed by atoms with Crippen LogP contribution in [0.3, 0.4) is 0 Å². The normalized spacial score (nSPS) is 11.3. The minimum absolute atomic E-state index is 0.0515. The summed E-state index contributed by atoms with van der Waals surface area (Å²) >= 11 is 17.7. The van der Waals surface area contributed by atoms with Crippen LogP contribution >= 0.6 is 34.8 Å². The van der Waals surface area contributed by atoms with Gasteiger partial charge < -0.3 is 4.42 Å². The predicted octanol–water partition coefficient (Wildman–Crippen LogP) is 4.25. The average Bonchev–Trinajstić information content (AvgIpc) is 2.41. The second-order valence-electron chi connectivity index (χ2n) is 3.63. The molecule has 1 aliphatic carbocycles. The predicted molar refractivity (Wildman–Crippen MR) is 71.9 cm³/mol. The zero-order valence-electron chi connectivity index (χ0n) is 8.71. The van der Waals surface area contributed by atoms with Crippen molar-refractivity contribution in [3.8, 4) is 11.5 Å². The molecule has 3 rings (SSSR count). The van der Waals surface area contributed by atoms with Crippen molar-refractivity contribution in [1.82, 2.24) is 4.98 Å². The van der Waals surface area contributed by atoms with Crippen LogP contribution in [0.1, 0.15) is 0 Å². The Morgan fingerprint density at radius 1 is 1.00 bits per heavy atom. The highest BCUT2D eigenvalue weighted by molar-refractivity contribution is 6.45. The highest BCUT2D eigenvalue weighted by atomic mass is 35.5. The van der Waals surface area contributed by atoms with E-state index in [4.69, 9.17) is 39.2 Å². The molecule has 0 unspecified atom stereocenters. The molecular weight excluding hydrogens is 296 g/mol. The smallest absolute Gasteiger partial charge is 0.221 e. The Morgan fingerprint density at radius 3 is 2.50 bits per heavy atom. The van der Waals surface area contributed by atoms with E-state index in [1.165, 1.54) is 0 Å². The molecule has 0 radical (unpaired) electrons. The third-order valence-corrected chi connectivity index (χ3v) is 3.69. The Kier molecular flexibility index (Phi) is 2.70. The molecule has 2 aliphatic rings. The molecule has 1 aliphatic heterocycles. The lowest BCUT2D eigenvalue weighted by atomic mass is 10.2. The maximum atomic E-state index is 11.7. The van der Waals surface area contributed by atoms with Crippen LogP contribution < -0.4 is 5.43 Å². The Bertz CT molecular complexity index is 797. The number of nitrogens with zero attached hydrogens (tertiary/aromatic N) is 1. The summed E-state index contributed by atoms with van der Waals surface area (Å²) in [5.74, 6) is 0.148. The first kappa shape index (κ1) is 11.8. The van der Waals surface area contributed by atoms with Crippen LogP contribution in [0.15, 0.2) is 33.5 Å². The molecular formula is C12H4Cl3NO2. The number of benzene rings is 2. The van der Waals surface area contributed by atoms with E-state index in [1.54, 1.807) is 18.2 Å². The summed E-state index contributed by atoms with van der Waals surface area (Å²) in [4.78, 5) is 16.0. The van der Waals surface area contributed by atoms with Gasteiger partial charge >= 0.3 is 0 Å². The van der Waals surface area contributed by atoms with Crippen LogP contribution in [0.25, 0.3) is 22.6 Å².